The van der Waals surface area contributed by atoms with Gasteiger partial charge in [0.05, 0.1) is 11.2 Å². The number of halogens is 3. The maximum atomic E-state index is 13.2. The SMILES string of the molecule is NC1(C(=O)Nc2cc(F)cc(F)c2F)CC1. The van der Waals surface area contributed by atoms with E-state index < -0.39 is 34.6 Å². The van der Waals surface area contributed by atoms with Crippen LogP contribution in [-0.4, -0.2) is 11.4 Å². The van der Waals surface area contributed by atoms with Crippen LogP contribution in [0.5, 0.6) is 0 Å². The Bertz CT molecular complexity index is 458. The van der Waals surface area contributed by atoms with Crippen molar-refractivity contribution in [1.82, 2.24) is 0 Å². The fraction of sp³-hybridized carbons (Fsp3) is 0.300. The van der Waals surface area contributed by atoms with Crippen LogP contribution < -0.4 is 11.1 Å². The Morgan fingerprint density at radius 2 is 1.94 bits per heavy atom. The molecule has 0 unspecified atom stereocenters. The van der Waals surface area contributed by atoms with Crippen LogP contribution in [0.1, 0.15) is 12.8 Å². The number of rotatable bonds is 2. The summed E-state index contributed by atoms with van der Waals surface area (Å²) in [6.07, 6.45) is 0.969. The summed E-state index contributed by atoms with van der Waals surface area (Å²) in [6.45, 7) is 0. The van der Waals surface area contributed by atoms with Gasteiger partial charge in [-0.3, -0.25) is 4.79 Å². The summed E-state index contributed by atoms with van der Waals surface area (Å²) in [6, 6.07) is 1.11. The van der Waals surface area contributed by atoms with Crippen molar-refractivity contribution in [3.63, 3.8) is 0 Å². The number of hydrogen-bond donors (Lipinski definition) is 2. The molecule has 1 amide bonds. The Hall–Kier alpha value is -1.56. The number of nitrogens with two attached hydrogens (primary N) is 1. The number of carbonyl (C=O) groups excluding carboxylic acids is 1. The highest BCUT2D eigenvalue weighted by molar-refractivity contribution is 6.00. The first kappa shape index (κ1) is 10.9. The van der Waals surface area contributed by atoms with Crippen molar-refractivity contribution in [2.45, 2.75) is 18.4 Å². The lowest BCUT2D eigenvalue weighted by Crippen LogP contribution is -2.38. The van der Waals surface area contributed by atoms with Crippen molar-refractivity contribution in [1.29, 1.82) is 0 Å². The largest absolute Gasteiger partial charge is 0.322 e. The molecule has 0 atom stereocenters. The fourth-order valence-electron chi connectivity index (χ4n) is 1.26. The molecule has 1 aliphatic carbocycles. The quantitative estimate of drug-likeness (QED) is 0.757. The highest BCUT2D eigenvalue weighted by Crippen LogP contribution is 2.33. The van der Waals surface area contributed by atoms with Gasteiger partial charge in [0.25, 0.3) is 0 Å². The summed E-state index contributed by atoms with van der Waals surface area (Å²) in [4.78, 5) is 11.4. The highest BCUT2D eigenvalue weighted by atomic mass is 19.2. The van der Waals surface area contributed by atoms with Gasteiger partial charge < -0.3 is 11.1 Å². The summed E-state index contributed by atoms with van der Waals surface area (Å²) in [5.41, 5.74) is 4.00. The average molecular weight is 230 g/mol. The second kappa shape index (κ2) is 3.48. The number of carbonyl (C=O) groups is 1. The van der Waals surface area contributed by atoms with Crippen LogP contribution in [0.2, 0.25) is 0 Å². The van der Waals surface area contributed by atoms with Crippen molar-refractivity contribution in [3.05, 3.63) is 29.6 Å². The van der Waals surface area contributed by atoms with Crippen molar-refractivity contribution >= 4 is 11.6 Å². The Morgan fingerprint density at radius 3 is 2.50 bits per heavy atom. The summed E-state index contributed by atoms with van der Waals surface area (Å²) < 4.78 is 38.7. The third-order valence-corrected chi connectivity index (χ3v) is 2.48. The number of benzene rings is 1. The van der Waals surface area contributed by atoms with Gasteiger partial charge in [0.1, 0.15) is 5.82 Å². The fourth-order valence-corrected chi connectivity index (χ4v) is 1.26. The molecule has 1 aromatic rings. The molecule has 16 heavy (non-hydrogen) atoms. The van der Waals surface area contributed by atoms with Crippen molar-refractivity contribution in [2.75, 3.05) is 5.32 Å². The molecular formula is C10H9F3N2O. The molecular weight excluding hydrogens is 221 g/mol. The van der Waals surface area contributed by atoms with Gasteiger partial charge in [-0.15, -0.1) is 0 Å². The molecule has 86 valence electrons. The minimum atomic E-state index is -1.35. The summed E-state index contributed by atoms with van der Waals surface area (Å²) in [5.74, 6) is -4.23. The lowest BCUT2D eigenvalue weighted by molar-refractivity contribution is -0.118. The molecule has 1 saturated carbocycles. The van der Waals surface area contributed by atoms with E-state index in [2.05, 4.69) is 5.32 Å². The Balaban J connectivity index is 2.24. The van der Waals surface area contributed by atoms with Gasteiger partial charge in [-0.25, -0.2) is 13.2 Å². The van der Waals surface area contributed by atoms with Crippen LogP contribution in [-0.2, 0) is 4.79 Å². The van der Waals surface area contributed by atoms with Crippen LogP contribution in [0.25, 0.3) is 0 Å². The molecule has 1 aliphatic rings. The monoisotopic (exact) mass is 230 g/mol. The Labute approximate surface area is 89.4 Å². The van der Waals surface area contributed by atoms with E-state index in [1.165, 1.54) is 0 Å². The lowest BCUT2D eigenvalue weighted by atomic mass is 10.2. The Kier molecular flexibility index (Phi) is 2.38. The molecule has 1 fully saturated rings. The normalized spacial score (nSPS) is 17.0. The molecule has 0 heterocycles. The molecule has 0 bridgehead atoms. The van der Waals surface area contributed by atoms with Gasteiger partial charge >= 0.3 is 0 Å². The van der Waals surface area contributed by atoms with Crippen molar-refractivity contribution in [3.8, 4) is 0 Å². The van der Waals surface area contributed by atoms with E-state index in [4.69, 9.17) is 5.73 Å². The third kappa shape index (κ3) is 1.88. The highest BCUT2D eigenvalue weighted by Gasteiger charge is 2.46. The zero-order valence-corrected chi connectivity index (χ0v) is 8.19. The summed E-state index contributed by atoms with van der Waals surface area (Å²) in [5, 5.41) is 2.08. The van der Waals surface area contributed by atoms with E-state index in [1.54, 1.807) is 0 Å². The smallest absolute Gasteiger partial charge is 0.244 e. The van der Waals surface area contributed by atoms with E-state index in [9.17, 15) is 18.0 Å². The topological polar surface area (TPSA) is 55.1 Å². The average Bonchev–Trinajstić information content (AvgIpc) is 2.93. The van der Waals surface area contributed by atoms with Gasteiger partial charge in [-0.1, -0.05) is 0 Å². The van der Waals surface area contributed by atoms with Gasteiger partial charge in [0.15, 0.2) is 11.6 Å². The van der Waals surface area contributed by atoms with E-state index in [0.29, 0.717) is 25.0 Å². The molecule has 0 spiro atoms. The molecule has 0 radical (unpaired) electrons. The standard InChI is InChI=1S/C10H9F3N2O/c11-5-3-6(12)8(13)7(4-5)15-9(16)10(14)1-2-10/h3-4H,1-2,14H2,(H,15,16). The van der Waals surface area contributed by atoms with Crippen LogP contribution >= 0.6 is 0 Å². The molecule has 3 nitrogen and oxygen atoms in total. The van der Waals surface area contributed by atoms with E-state index in [-0.39, 0.29) is 0 Å². The Morgan fingerprint density at radius 1 is 1.31 bits per heavy atom. The zero-order chi connectivity index (χ0) is 11.9. The predicted molar refractivity (Wildman–Crippen MR) is 51.1 cm³/mol. The zero-order valence-electron chi connectivity index (χ0n) is 8.19. The van der Waals surface area contributed by atoms with E-state index in [0.717, 1.165) is 0 Å². The van der Waals surface area contributed by atoms with Crippen LogP contribution in [0.15, 0.2) is 12.1 Å². The van der Waals surface area contributed by atoms with Crippen LogP contribution in [0.4, 0.5) is 18.9 Å². The minimum absolute atomic E-state index is 0.403. The van der Waals surface area contributed by atoms with Gasteiger partial charge in [-0.2, -0.15) is 0 Å². The van der Waals surface area contributed by atoms with Crippen LogP contribution in [0, 0.1) is 17.5 Å². The molecule has 1 aromatic carbocycles. The van der Waals surface area contributed by atoms with Gasteiger partial charge in [-0.05, 0) is 12.8 Å². The first-order valence-corrected chi connectivity index (χ1v) is 4.67. The number of hydrogen-bond acceptors (Lipinski definition) is 2. The van der Waals surface area contributed by atoms with Gasteiger partial charge in [0, 0.05) is 12.1 Å². The maximum Gasteiger partial charge on any atom is 0.244 e. The first-order valence-electron chi connectivity index (χ1n) is 4.67. The van der Waals surface area contributed by atoms with E-state index >= 15 is 0 Å². The van der Waals surface area contributed by atoms with Crippen LogP contribution in [0.3, 0.4) is 0 Å². The van der Waals surface area contributed by atoms with Gasteiger partial charge in [0.2, 0.25) is 5.91 Å². The van der Waals surface area contributed by atoms with Crippen molar-refractivity contribution < 1.29 is 18.0 Å². The first-order chi connectivity index (χ1) is 7.42. The molecule has 3 N–H and O–H groups in total. The number of anilines is 1. The van der Waals surface area contributed by atoms with E-state index in [1.807, 2.05) is 0 Å². The number of nitrogens with one attached hydrogen (secondary N) is 1. The predicted octanol–water partition coefficient (Wildman–Crippen LogP) is 1.53. The molecule has 6 heteroatoms. The summed E-state index contributed by atoms with van der Waals surface area (Å²) in [7, 11) is 0. The van der Waals surface area contributed by atoms with Crippen molar-refractivity contribution in [2.24, 2.45) is 5.73 Å². The molecule has 0 aromatic heterocycles. The third-order valence-electron chi connectivity index (χ3n) is 2.48. The maximum absolute atomic E-state index is 13.2. The minimum Gasteiger partial charge on any atom is -0.322 e. The second-order valence-corrected chi connectivity index (χ2v) is 3.86. The molecule has 0 saturated heterocycles. The number of amides is 1. The lowest BCUT2D eigenvalue weighted by Gasteiger charge is -2.11. The molecule has 2 rings (SSSR count). The molecule has 0 aliphatic heterocycles. The summed E-state index contributed by atoms with van der Waals surface area (Å²) >= 11 is 0. The second-order valence-electron chi connectivity index (χ2n) is 3.86.